The predicted molar refractivity (Wildman–Crippen MR) is 93.4 cm³/mol. The smallest absolute Gasteiger partial charge is 0.290 e. The molecule has 0 saturated heterocycles. The molecule has 1 amide bonds. The van der Waals surface area contributed by atoms with Gasteiger partial charge in [-0.2, -0.15) is 0 Å². The van der Waals surface area contributed by atoms with Gasteiger partial charge < -0.3 is 19.5 Å². The first-order valence-electron chi connectivity index (χ1n) is 8.14. The lowest BCUT2D eigenvalue weighted by molar-refractivity contribution is -0.130. The van der Waals surface area contributed by atoms with Crippen molar-refractivity contribution in [3.8, 4) is 5.75 Å². The van der Waals surface area contributed by atoms with Crippen molar-refractivity contribution >= 4 is 11.7 Å². The fraction of sp³-hybridized carbons (Fsp3) is 0.474. The Hall–Kier alpha value is -2.34. The zero-order valence-electron chi connectivity index (χ0n) is 15.3. The van der Waals surface area contributed by atoms with Crippen LogP contribution in [-0.4, -0.2) is 49.1 Å². The molecule has 0 fully saturated rings. The largest absolute Gasteiger partial charge is 0.503 e. The Balaban J connectivity index is 2.56. The zero-order valence-corrected chi connectivity index (χ0v) is 15.3. The van der Waals surface area contributed by atoms with Gasteiger partial charge >= 0.3 is 0 Å². The van der Waals surface area contributed by atoms with E-state index in [4.69, 9.17) is 9.47 Å². The van der Waals surface area contributed by atoms with Gasteiger partial charge in [-0.25, -0.2) is 0 Å². The molecule has 0 spiro atoms. The van der Waals surface area contributed by atoms with Gasteiger partial charge in [-0.15, -0.1) is 0 Å². The van der Waals surface area contributed by atoms with Crippen LogP contribution in [0.5, 0.6) is 5.75 Å². The van der Waals surface area contributed by atoms with Crippen LogP contribution < -0.4 is 4.74 Å². The number of rotatable bonds is 6. The van der Waals surface area contributed by atoms with Crippen LogP contribution in [0.1, 0.15) is 32.4 Å². The van der Waals surface area contributed by atoms with Crippen LogP contribution in [0.2, 0.25) is 0 Å². The Morgan fingerprint density at radius 1 is 1.28 bits per heavy atom. The summed E-state index contributed by atoms with van der Waals surface area (Å²) in [4.78, 5) is 27.0. The monoisotopic (exact) mass is 347 g/mol. The van der Waals surface area contributed by atoms with Crippen LogP contribution in [0.4, 0.5) is 0 Å². The molecule has 1 aliphatic heterocycles. The molecular weight excluding hydrogens is 322 g/mol. The van der Waals surface area contributed by atoms with E-state index in [0.717, 1.165) is 0 Å². The number of benzene rings is 1. The molecule has 1 aromatic carbocycles. The number of aliphatic hydroxyl groups is 1. The SMILES string of the molecule is COCCN1C(=O)C(O)=C(C(=O)C(C)(C)C)C1c1cccc(OC)c1. The number of Topliss-reactive ketones (excluding diaryl/α,β-unsaturated/α-hetero) is 1. The molecule has 1 aliphatic rings. The summed E-state index contributed by atoms with van der Waals surface area (Å²) < 4.78 is 10.3. The third-order valence-electron chi connectivity index (χ3n) is 4.18. The first kappa shape index (κ1) is 19.0. The topological polar surface area (TPSA) is 76.1 Å². The number of hydrogen-bond donors (Lipinski definition) is 1. The molecule has 136 valence electrons. The van der Waals surface area contributed by atoms with Gasteiger partial charge in [0, 0.05) is 19.1 Å². The molecule has 6 nitrogen and oxygen atoms in total. The van der Waals surface area contributed by atoms with Crippen LogP contribution in [0, 0.1) is 5.41 Å². The number of aliphatic hydroxyl groups excluding tert-OH is 1. The third kappa shape index (κ3) is 3.69. The molecule has 1 aromatic rings. The fourth-order valence-corrected chi connectivity index (χ4v) is 2.87. The van der Waals surface area contributed by atoms with Crippen molar-refractivity contribution in [1.82, 2.24) is 4.90 Å². The Bertz CT molecular complexity index is 702. The highest BCUT2D eigenvalue weighted by Gasteiger charge is 2.45. The van der Waals surface area contributed by atoms with E-state index < -0.39 is 23.1 Å². The minimum Gasteiger partial charge on any atom is -0.503 e. The molecule has 0 aliphatic carbocycles. The molecule has 6 heteroatoms. The Morgan fingerprint density at radius 3 is 2.52 bits per heavy atom. The van der Waals surface area contributed by atoms with Gasteiger partial charge in [0.2, 0.25) is 0 Å². The number of amides is 1. The second-order valence-electron chi connectivity index (χ2n) is 7.01. The maximum atomic E-state index is 12.9. The van der Waals surface area contributed by atoms with Crippen molar-refractivity contribution in [3.05, 3.63) is 41.2 Å². The van der Waals surface area contributed by atoms with Crippen molar-refractivity contribution in [2.75, 3.05) is 27.4 Å². The van der Waals surface area contributed by atoms with E-state index in [1.807, 2.05) is 6.07 Å². The Kier molecular flexibility index (Phi) is 5.52. The molecule has 2 rings (SSSR count). The number of ketones is 1. The standard InChI is InChI=1S/C19H25NO5/c1-19(2,3)17(22)14-15(12-7-6-8-13(11-12)25-5)20(9-10-24-4)18(23)16(14)21/h6-8,11,15,21H,9-10H2,1-5H3. The number of nitrogens with zero attached hydrogens (tertiary/aromatic N) is 1. The normalized spacial score (nSPS) is 18.0. The van der Waals surface area contributed by atoms with Crippen molar-refractivity contribution < 1.29 is 24.2 Å². The number of methoxy groups -OCH3 is 2. The van der Waals surface area contributed by atoms with Crippen molar-refractivity contribution in [1.29, 1.82) is 0 Å². The summed E-state index contributed by atoms with van der Waals surface area (Å²) in [5, 5.41) is 10.4. The van der Waals surface area contributed by atoms with Crippen molar-refractivity contribution in [3.63, 3.8) is 0 Å². The predicted octanol–water partition coefficient (Wildman–Crippen LogP) is 2.65. The fourth-order valence-electron chi connectivity index (χ4n) is 2.87. The number of hydrogen-bond acceptors (Lipinski definition) is 5. The van der Waals surface area contributed by atoms with Gasteiger partial charge in [0.15, 0.2) is 11.5 Å². The van der Waals surface area contributed by atoms with E-state index >= 15 is 0 Å². The molecule has 0 bridgehead atoms. The van der Waals surface area contributed by atoms with E-state index in [0.29, 0.717) is 17.9 Å². The van der Waals surface area contributed by atoms with Crippen LogP contribution in [0.25, 0.3) is 0 Å². The van der Waals surface area contributed by atoms with Gasteiger partial charge in [-0.05, 0) is 17.7 Å². The number of ether oxygens (including phenoxy) is 2. The molecule has 0 radical (unpaired) electrons. The lowest BCUT2D eigenvalue weighted by Gasteiger charge is -2.28. The highest BCUT2D eigenvalue weighted by atomic mass is 16.5. The van der Waals surface area contributed by atoms with E-state index in [2.05, 4.69) is 0 Å². The quantitative estimate of drug-likeness (QED) is 0.856. The van der Waals surface area contributed by atoms with E-state index in [-0.39, 0.29) is 17.9 Å². The van der Waals surface area contributed by atoms with Crippen LogP contribution >= 0.6 is 0 Å². The lowest BCUT2D eigenvalue weighted by Crippen LogP contribution is -2.35. The highest BCUT2D eigenvalue weighted by Crippen LogP contribution is 2.41. The summed E-state index contributed by atoms with van der Waals surface area (Å²) in [6, 6.07) is 6.50. The summed E-state index contributed by atoms with van der Waals surface area (Å²) >= 11 is 0. The third-order valence-corrected chi connectivity index (χ3v) is 4.18. The van der Waals surface area contributed by atoms with Gasteiger partial charge in [0.1, 0.15) is 5.75 Å². The summed E-state index contributed by atoms with van der Waals surface area (Å²) in [7, 11) is 3.09. The van der Waals surface area contributed by atoms with Crippen molar-refractivity contribution in [2.45, 2.75) is 26.8 Å². The Labute approximate surface area is 148 Å². The van der Waals surface area contributed by atoms with Crippen LogP contribution in [-0.2, 0) is 14.3 Å². The maximum Gasteiger partial charge on any atom is 0.290 e. The second-order valence-corrected chi connectivity index (χ2v) is 7.01. The van der Waals surface area contributed by atoms with Gasteiger partial charge in [0.25, 0.3) is 5.91 Å². The minimum atomic E-state index is -0.724. The molecule has 1 unspecified atom stereocenters. The maximum absolute atomic E-state index is 12.9. The van der Waals surface area contributed by atoms with Crippen molar-refractivity contribution in [2.24, 2.45) is 5.41 Å². The van der Waals surface area contributed by atoms with Crippen LogP contribution in [0.3, 0.4) is 0 Å². The highest BCUT2D eigenvalue weighted by molar-refractivity contribution is 6.10. The minimum absolute atomic E-state index is 0.127. The van der Waals surface area contributed by atoms with Gasteiger partial charge in [-0.1, -0.05) is 32.9 Å². The molecule has 1 heterocycles. The van der Waals surface area contributed by atoms with E-state index in [1.54, 1.807) is 46.1 Å². The van der Waals surface area contributed by atoms with Gasteiger partial charge in [-0.3, -0.25) is 9.59 Å². The zero-order chi connectivity index (χ0) is 18.8. The van der Waals surface area contributed by atoms with Crippen LogP contribution in [0.15, 0.2) is 35.6 Å². The average molecular weight is 347 g/mol. The van der Waals surface area contributed by atoms with Gasteiger partial charge in [0.05, 0.1) is 25.3 Å². The average Bonchev–Trinajstić information content (AvgIpc) is 2.82. The van der Waals surface area contributed by atoms with E-state index in [1.165, 1.54) is 12.0 Å². The second kappa shape index (κ2) is 7.27. The molecule has 0 aromatic heterocycles. The summed E-state index contributed by atoms with van der Waals surface area (Å²) in [6.45, 7) is 5.86. The molecule has 1 atom stereocenters. The Morgan fingerprint density at radius 2 is 1.96 bits per heavy atom. The molecule has 25 heavy (non-hydrogen) atoms. The summed E-state index contributed by atoms with van der Waals surface area (Å²) in [6.07, 6.45) is 0. The van der Waals surface area contributed by atoms with E-state index in [9.17, 15) is 14.7 Å². The number of carbonyl (C=O) groups is 2. The summed E-state index contributed by atoms with van der Waals surface area (Å²) in [5.74, 6) is -0.682. The molecule has 1 N–H and O–H groups in total. The molecular formula is C19H25NO5. The first-order chi connectivity index (χ1) is 11.7. The lowest BCUT2D eigenvalue weighted by atomic mass is 9.82. The first-order valence-corrected chi connectivity index (χ1v) is 8.14. The number of carbonyl (C=O) groups excluding carboxylic acids is 2. The summed E-state index contributed by atoms with van der Waals surface area (Å²) in [5.41, 5.74) is 0.111. The molecule has 0 saturated carbocycles.